The van der Waals surface area contributed by atoms with E-state index in [2.05, 4.69) is 4.57 Å². The van der Waals surface area contributed by atoms with Gasteiger partial charge in [0.15, 0.2) is 0 Å². The molecule has 2 nitrogen and oxygen atoms in total. The summed E-state index contributed by atoms with van der Waals surface area (Å²) in [5.74, 6) is 0. The molecule has 0 bridgehead atoms. The molecule has 0 saturated heterocycles. The Balaban J connectivity index is 2.06. The molecule has 0 saturated carbocycles. The molecule has 1 aromatic heterocycles. The van der Waals surface area contributed by atoms with E-state index in [0.29, 0.717) is 16.6 Å². The summed E-state index contributed by atoms with van der Waals surface area (Å²) in [6.07, 6.45) is 2.01. The Morgan fingerprint density at radius 3 is 2.45 bits per heavy atom. The Kier molecular flexibility index (Phi) is 3.70. The zero-order valence-electron chi connectivity index (χ0n) is 10.7. The molecule has 3 rings (SSSR count). The van der Waals surface area contributed by atoms with E-state index in [1.165, 1.54) is 0 Å². The predicted molar refractivity (Wildman–Crippen MR) is 83.4 cm³/mol. The number of hydrogen-bond acceptors (Lipinski definition) is 1. The lowest BCUT2D eigenvalue weighted by Crippen LogP contribution is -2.00. The van der Waals surface area contributed by atoms with Crippen LogP contribution in [0.4, 0.5) is 0 Å². The average molecular weight is 306 g/mol. The number of benzene rings is 2. The smallest absolute Gasteiger partial charge is 0.0682 e. The van der Waals surface area contributed by atoms with Crippen LogP contribution in [0.25, 0.3) is 10.9 Å². The highest BCUT2D eigenvalue weighted by Crippen LogP contribution is 2.27. The molecule has 4 heteroatoms. The highest BCUT2D eigenvalue weighted by Gasteiger charge is 2.08. The summed E-state index contributed by atoms with van der Waals surface area (Å²) < 4.78 is 2.08. The fraction of sp³-hybridized carbons (Fsp3) is 0.125. The number of halogens is 2. The molecule has 3 aromatic rings. The van der Waals surface area contributed by atoms with Crippen LogP contribution in [0.1, 0.15) is 11.1 Å². The highest BCUT2D eigenvalue weighted by molar-refractivity contribution is 6.36. The van der Waals surface area contributed by atoms with Crippen molar-refractivity contribution in [1.29, 1.82) is 0 Å². The lowest BCUT2D eigenvalue weighted by molar-refractivity contribution is 0.282. The molecule has 1 N–H and O–H groups in total. The molecular formula is C16H13Cl2NO. The van der Waals surface area contributed by atoms with Crippen molar-refractivity contribution in [2.75, 3.05) is 0 Å². The number of hydrogen-bond donors (Lipinski definition) is 1. The average Bonchev–Trinajstić information content (AvgIpc) is 2.85. The molecule has 0 aliphatic rings. The molecule has 0 fully saturated rings. The van der Waals surface area contributed by atoms with Gasteiger partial charge >= 0.3 is 0 Å². The van der Waals surface area contributed by atoms with Crippen LogP contribution >= 0.6 is 23.2 Å². The summed E-state index contributed by atoms with van der Waals surface area (Å²) in [5, 5.41) is 11.7. The molecule has 20 heavy (non-hydrogen) atoms. The van der Waals surface area contributed by atoms with Gasteiger partial charge < -0.3 is 9.67 Å². The Morgan fingerprint density at radius 2 is 1.75 bits per heavy atom. The van der Waals surface area contributed by atoms with E-state index >= 15 is 0 Å². The van der Waals surface area contributed by atoms with Gasteiger partial charge in [-0.1, -0.05) is 41.4 Å². The van der Waals surface area contributed by atoms with Crippen LogP contribution < -0.4 is 0 Å². The minimum atomic E-state index is 0.0357. The molecule has 0 aliphatic carbocycles. The topological polar surface area (TPSA) is 25.2 Å². The molecule has 102 valence electrons. The van der Waals surface area contributed by atoms with Crippen molar-refractivity contribution in [3.63, 3.8) is 0 Å². The number of aliphatic hydroxyl groups excluding tert-OH is 1. The Labute approximate surface area is 127 Å². The summed E-state index contributed by atoms with van der Waals surface area (Å²) in [5.41, 5.74) is 2.86. The van der Waals surface area contributed by atoms with Gasteiger partial charge in [-0.2, -0.15) is 0 Å². The van der Waals surface area contributed by atoms with E-state index in [9.17, 15) is 5.11 Å². The molecule has 1 heterocycles. The Hall–Kier alpha value is -1.48. The zero-order valence-corrected chi connectivity index (χ0v) is 12.2. The van der Waals surface area contributed by atoms with E-state index in [0.717, 1.165) is 22.0 Å². The summed E-state index contributed by atoms with van der Waals surface area (Å²) in [7, 11) is 0. The maximum absolute atomic E-state index is 9.25. The lowest BCUT2D eigenvalue weighted by atomic mass is 10.1. The number of aliphatic hydroxyl groups is 1. The first-order valence-electron chi connectivity index (χ1n) is 6.30. The SMILES string of the molecule is OCc1ccc2ccn(Cc3c(Cl)cccc3Cl)c2c1. The third-order valence-electron chi connectivity index (χ3n) is 3.41. The largest absolute Gasteiger partial charge is 0.392 e. The maximum atomic E-state index is 9.25. The van der Waals surface area contributed by atoms with Crippen LogP contribution in [0, 0.1) is 0 Å². The molecular weight excluding hydrogens is 293 g/mol. The molecule has 0 atom stereocenters. The first kappa shape index (κ1) is 13.5. The summed E-state index contributed by atoms with van der Waals surface area (Å²) >= 11 is 12.4. The van der Waals surface area contributed by atoms with Crippen LogP contribution in [0.5, 0.6) is 0 Å². The standard InChI is InChI=1S/C16H13Cl2NO/c17-14-2-1-3-15(18)13(14)9-19-7-6-12-5-4-11(10-20)8-16(12)19/h1-8,20H,9-10H2. The van der Waals surface area contributed by atoms with Crippen molar-refractivity contribution in [2.24, 2.45) is 0 Å². The predicted octanol–water partition coefficient (Wildman–Crippen LogP) is 4.49. The van der Waals surface area contributed by atoms with Gasteiger partial charge in [0.05, 0.1) is 13.2 Å². The zero-order chi connectivity index (χ0) is 14.1. The first-order chi connectivity index (χ1) is 9.69. The molecule has 2 aromatic carbocycles. The lowest BCUT2D eigenvalue weighted by Gasteiger charge is -2.10. The quantitative estimate of drug-likeness (QED) is 0.758. The van der Waals surface area contributed by atoms with Crippen molar-refractivity contribution < 1.29 is 5.11 Å². The van der Waals surface area contributed by atoms with Gasteiger partial charge in [-0.25, -0.2) is 0 Å². The fourth-order valence-corrected chi connectivity index (χ4v) is 2.84. The highest BCUT2D eigenvalue weighted by atomic mass is 35.5. The molecule has 0 spiro atoms. The van der Waals surface area contributed by atoms with Gasteiger partial charge in [0.25, 0.3) is 0 Å². The van der Waals surface area contributed by atoms with Gasteiger partial charge in [0, 0.05) is 27.3 Å². The van der Waals surface area contributed by atoms with E-state index < -0.39 is 0 Å². The maximum Gasteiger partial charge on any atom is 0.0682 e. The van der Waals surface area contributed by atoms with Crippen molar-refractivity contribution in [2.45, 2.75) is 13.2 Å². The van der Waals surface area contributed by atoms with Crippen LogP contribution in [0.15, 0.2) is 48.7 Å². The van der Waals surface area contributed by atoms with Crippen LogP contribution in [-0.2, 0) is 13.2 Å². The monoisotopic (exact) mass is 305 g/mol. The van der Waals surface area contributed by atoms with Crippen molar-refractivity contribution in [1.82, 2.24) is 4.57 Å². The Bertz CT molecular complexity index is 744. The van der Waals surface area contributed by atoms with Gasteiger partial charge in [0.2, 0.25) is 0 Å². The van der Waals surface area contributed by atoms with Gasteiger partial charge in [-0.05, 0) is 35.2 Å². The van der Waals surface area contributed by atoms with E-state index in [1.807, 2.05) is 48.7 Å². The summed E-state index contributed by atoms with van der Waals surface area (Å²) in [6, 6.07) is 13.5. The second kappa shape index (κ2) is 5.49. The van der Waals surface area contributed by atoms with Crippen LogP contribution in [-0.4, -0.2) is 9.67 Å². The first-order valence-corrected chi connectivity index (χ1v) is 7.06. The van der Waals surface area contributed by atoms with Crippen molar-refractivity contribution in [3.8, 4) is 0 Å². The summed E-state index contributed by atoms with van der Waals surface area (Å²) in [4.78, 5) is 0. The summed E-state index contributed by atoms with van der Waals surface area (Å²) in [6.45, 7) is 0.644. The van der Waals surface area contributed by atoms with E-state index in [4.69, 9.17) is 23.2 Å². The number of fused-ring (bicyclic) bond motifs is 1. The fourth-order valence-electron chi connectivity index (χ4n) is 2.32. The second-order valence-corrected chi connectivity index (χ2v) is 5.51. The van der Waals surface area contributed by atoms with E-state index in [-0.39, 0.29) is 6.61 Å². The van der Waals surface area contributed by atoms with Crippen LogP contribution in [0.3, 0.4) is 0 Å². The number of rotatable bonds is 3. The van der Waals surface area contributed by atoms with Gasteiger partial charge in [0.1, 0.15) is 0 Å². The van der Waals surface area contributed by atoms with E-state index in [1.54, 1.807) is 0 Å². The van der Waals surface area contributed by atoms with Crippen LogP contribution in [0.2, 0.25) is 10.0 Å². The number of nitrogens with zero attached hydrogens (tertiary/aromatic N) is 1. The minimum absolute atomic E-state index is 0.0357. The number of aromatic nitrogens is 1. The Morgan fingerprint density at radius 1 is 1.00 bits per heavy atom. The third-order valence-corrected chi connectivity index (χ3v) is 4.12. The minimum Gasteiger partial charge on any atom is -0.392 e. The molecule has 0 radical (unpaired) electrons. The van der Waals surface area contributed by atoms with Crippen molar-refractivity contribution >= 4 is 34.1 Å². The molecule has 0 unspecified atom stereocenters. The normalized spacial score (nSPS) is 11.2. The van der Waals surface area contributed by atoms with Gasteiger partial charge in [-0.3, -0.25) is 0 Å². The molecule has 0 amide bonds. The molecule has 0 aliphatic heterocycles. The third kappa shape index (κ3) is 2.42. The second-order valence-electron chi connectivity index (χ2n) is 4.70. The van der Waals surface area contributed by atoms with Crippen molar-refractivity contribution in [3.05, 3.63) is 69.8 Å². The van der Waals surface area contributed by atoms with Gasteiger partial charge in [-0.15, -0.1) is 0 Å².